The van der Waals surface area contributed by atoms with E-state index in [-0.39, 0.29) is 24.1 Å². The fourth-order valence-electron chi connectivity index (χ4n) is 3.53. The molecular formula is C16H20N4O2S. The van der Waals surface area contributed by atoms with Gasteiger partial charge in [-0.2, -0.15) is 0 Å². The molecule has 2 fully saturated rings. The van der Waals surface area contributed by atoms with Gasteiger partial charge in [0, 0.05) is 13.0 Å². The molecule has 0 spiro atoms. The molecule has 2 N–H and O–H groups in total. The Bertz CT molecular complexity index is 726. The van der Waals surface area contributed by atoms with Crippen LogP contribution in [0.5, 0.6) is 0 Å². The van der Waals surface area contributed by atoms with Crippen LogP contribution in [0, 0.1) is 6.92 Å². The van der Waals surface area contributed by atoms with E-state index < -0.39 is 0 Å². The van der Waals surface area contributed by atoms with Crippen LogP contribution in [0.25, 0.3) is 10.2 Å². The molecule has 1 amide bonds. The zero-order valence-electron chi connectivity index (χ0n) is 13.0. The van der Waals surface area contributed by atoms with Gasteiger partial charge in [0.05, 0.1) is 23.6 Å². The highest BCUT2D eigenvalue weighted by atomic mass is 32.1. The number of rotatable bonds is 3. The van der Waals surface area contributed by atoms with Crippen molar-refractivity contribution in [3.05, 3.63) is 17.3 Å². The van der Waals surface area contributed by atoms with Gasteiger partial charge in [0.2, 0.25) is 5.91 Å². The number of anilines is 1. The van der Waals surface area contributed by atoms with Crippen LogP contribution >= 0.6 is 11.3 Å². The summed E-state index contributed by atoms with van der Waals surface area (Å²) < 4.78 is 5.82. The maximum absolute atomic E-state index is 11.8. The van der Waals surface area contributed by atoms with Crippen LogP contribution in [0.4, 0.5) is 5.82 Å². The predicted molar refractivity (Wildman–Crippen MR) is 89.7 cm³/mol. The van der Waals surface area contributed by atoms with E-state index in [1.165, 1.54) is 5.56 Å². The lowest BCUT2D eigenvalue weighted by Gasteiger charge is -2.36. The standard InChI is InChI=1S/C16H20N4O2S/c1-9-7-23-16-13(9)15(17-8-18-16)19-10-4-5-12(21)20-14(10)11-3-2-6-22-11/h7-8,10-11,14H,2-6H2,1H3,(H,20,21)(H,17,18,19)/t10-,11-,14-/m1/s1. The lowest BCUT2D eigenvalue weighted by molar-refractivity contribution is -0.124. The maximum Gasteiger partial charge on any atom is 0.220 e. The summed E-state index contributed by atoms with van der Waals surface area (Å²) in [5.41, 5.74) is 1.18. The van der Waals surface area contributed by atoms with Crippen molar-refractivity contribution in [2.24, 2.45) is 0 Å². The van der Waals surface area contributed by atoms with Gasteiger partial charge in [-0.05, 0) is 37.1 Å². The maximum atomic E-state index is 11.8. The highest BCUT2D eigenvalue weighted by Crippen LogP contribution is 2.31. The number of piperidine rings is 1. The minimum Gasteiger partial charge on any atom is -0.376 e. The molecule has 2 aromatic rings. The molecule has 122 valence electrons. The number of ether oxygens (including phenoxy) is 1. The largest absolute Gasteiger partial charge is 0.376 e. The van der Waals surface area contributed by atoms with Crippen LogP contribution in [0.3, 0.4) is 0 Å². The summed E-state index contributed by atoms with van der Waals surface area (Å²) in [7, 11) is 0. The number of aromatic nitrogens is 2. The Hall–Kier alpha value is -1.73. The molecule has 6 nitrogen and oxygen atoms in total. The summed E-state index contributed by atoms with van der Waals surface area (Å²) >= 11 is 1.63. The smallest absolute Gasteiger partial charge is 0.220 e. The first kappa shape index (κ1) is 14.8. The third-order valence-corrected chi connectivity index (χ3v) is 5.69. The fraction of sp³-hybridized carbons (Fsp3) is 0.562. The van der Waals surface area contributed by atoms with E-state index in [1.807, 2.05) is 0 Å². The summed E-state index contributed by atoms with van der Waals surface area (Å²) in [5.74, 6) is 0.973. The van der Waals surface area contributed by atoms with Crippen LogP contribution < -0.4 is 10.6 Å². The van der Waals surface area contributed by atoms with Gasteiger partial charge < -0.3 is 15.4 Å². The van der Waals surface area contributed by atoms with E-state index in [9.17, 15) is 4.79 Å². The van der Waals surface area contributed by atoms with E-state index in [4.69, 9.17) is 4.74 Å². The number of carbonyl (C=O) groups is 1. The summed E-state index contributed by atoms with van der Waals surface area (Å²) in [6.07, 6.45) is 5.09. The average molecular weight is 332 g/mol. The molecule has 4 heterocycles. The second-order valence-electron chi connectivity index (χ2n) is 6.26. The van der Waals surface area contributed by atoms with E-state index in [0.29, 0.717) is 6.42 Å². The highest BCUT2D eigenvalue weighted by molar-refractivity contribution is 7.17. The van der Waals surface area contributed by atoms with Crippen LogP contribution in [-0.2, 0) is 9.53 Å². The van der Waals surface area contributed by atoms with E-state index in [0.717, 1.165) is 41.9 Å². The molecule has 0 bridgehead atoms. The number of amides is 1. The third kappa shape index (κ3) is 2.79. The minimum atomic E-state index is 0.00251. The molecule has 0 unspecified atom stereocenters. The van der Waals surface area contributed by atoms with Crippen molar-refractivity contribution in [3.8, 4) is 0 Å². The summed E-state index contributed by atoms with van der Waals surface area (Å²) in [5, 5.41) is 9.86. The Kier molecular flexibility index (Phi) is 3.90. The number of carbonyl (C=O) groups excluding carboxylic acids is 1. The van der Waals surface area contributed by atoms with Crippen molar-refractivity contribution in [1.82, 2.24) is 15.3 Å². The third-order valence-electron chi connectivity index (χ3n) is 4.69. The summed E-state index contributed by atoms with van der Waals surface area (Å²) in [6.45, 7) is 2.86. The van der Waals surface area contributed by atoms with E-state index >= 15 is 0 Å². The molecule has 0 aliphatic carbocycles. The molecule has 7 heteroatoms. The molecule has 2 aromatic heterocycles. The number of thiophene rings is 1. The first-order valence-corrected chi connectivity index (χ1v) is 8.96. The number of fused-ring (bicyclic) bond motifs is 1. The lowest BCUT2D eigenvalue weighted by Crippen LogP contribution is -2.56. The minimum absolute atomic E-state index is 0.00251. The molecule has 2 aliphatic heterocycles. The van der Waals surface area contributed by atoms with Crippen molar-refractivity contribution in [2.45, 2.75) is 50.8 Å². The molecule has 0 radical (unpaired) electrons. The molecule has 23 heavy (non-hydrogen) atoms. The van der Waals surface area contributed by atoms with Crippen molar-refractivity contribution >= 4 is 33.3 Å². The molecule has 4 rings (SSSR count). The lowest BCUT2D eigenvalue weighted by atomic mass is 9.92. The van der Waals surface area contributed by atoms with Crippen molar-refractivity contribution in [1.29, 1.82) is 0 Å². The quantitative estimate of drug-likeness (QED) is 0.901. The monoisotopic (exact) mass is 332 g/mol. The van der Waals surface area contributed by atoms with Gasteiger partial charge in [0.1, 0.15) is 17.0 Å². The molecule has 2 aliphatic rings. The number of hydrogen-bond donors (Lipinski definition) is 2. The van der Waals surface area contributed by atoms with Gasteiger partial charge in [0.25, 0.3) is 0 Å². The molecule has 3 atom stereocenters. The van der Waals surface area contributed by atoms with Gasteiger partial charge in [-0.3, -0.25) is 4.79 Å². The Balaban J connectivity index is 1.62. The van der Waals surface area contributed by atoms with Gasteiger partial charge in [-0.1, -0.05) is 0 Å². The first-order valence-electron chi connectivity index (χ1n) is 8.08. The Morgan fingerprint density at radius 2 is 2.30 bits per heavy atom. The Morgan fingerprint density at radius 3 is 3.13 bits per heavy atom. The highest BCUT2D eigenvalue weighted by Gasteiger charge is 2.37. The topological polar surface area (TPSA) is 76.1 Å². The van der Waals surface area contributed by atoms with Crippen LogP contribution in [0.15, 0.2) is 11.7 Å². The van der Waals surface area contributed by atoms with Gasteiger partial charge >= 0.3 is 0 Å². The van der Waals surface area contributed by atoms with Gasteiger partial charge in [-0.25, -0.2) is 9.97 Å². The van der Waals surface area contributed by atoms with Crippen LogP contribution in [0.1, 0.15) is 31.2 Å². The second kappa shape index (κ2) is 6.05. The number of aryl methyl sites for hydroxylation is 1. The van der Waals surface area contributed by atoms with Crippen molar-refractivity contribution in [3.63, 3.8) is 0 Å². The molecule has 2 saturated heterocycles. The Morgan fingerprint density at radius 1 is 1.39 bits per heavy atom. The van der Waals surface area contributed by atoms with E-state index in [2.05, 4.69) is 32.9 Å². The number of nitrogens with zero attached hydrogens (tertiary/aromatic N) is 2. The number of nitrogens with one attached hydrogen (secondary N) is 2. The second-order valence-corrected chi connectivity index (χ2v) is 7.11. The van der Waals surface area contributed by atoms with Crippen molar-refractivity contribution in [2.75, 3.05) is 11.9 Å². The summed E-state index contributed by atoms with van der Waals surface area (Å²) in [6, 6.07) is 0.135. The normalized spacial score (nSPS) is 28.0. The first-order chi connectivity index (χ1) is 11.2. The zero-order valence-corrected chi connectivity index (χ0v) is 13.9. The average Bonchev–Trinajstić information content (AvgIpc) is 3.20. The SMILES string of the molecule is Cc1csc2ncnc(N[C@@H]3CCC(=O)N[C@H]3[C@H]3CCCO3)c12. The Labute approximate surface area is 138 Å². The molecule has 0 aromatic carbocycles. The number of hydrogen-bond acceptors (Lipinski definition) is 6. The molecule has 0 saturated carbocycles. The van der Waals surface area contributed by atoms with Gasteiger partial charge in [-0.15, -0.1) is 11.3 Å². The fourth-order valence-corrected chi connectivity index (χ4v) is 4.42. The summed E-state index contributed by atoms with van der Waals surface area (Å²) in [4.78, 5) is 21.6. The molecular weight excluding hydrogens is 312 g/mol. The van der Waals surface area contributed by atoms with E-state index in [1.54, 1.807) is 17.7 Å². The zero-order chi connectivity index (χ0) is 15.8. The van der Waals surface area contributed by atoms with Gasteiger partial charge in [0.15, 0.2) is 0 Å². The predicted octanol–water partition coefficient (Wildman–Crippen LogP) is 2.24. The van der Waals surface area contributed by atoms with Crippen LogP contribution in [-0.4, -0.2) is 40.7 Å². The van der Waals surface area contributed by atoms with Crippen LogP contribution in [0.2, 0.25) is 0 Å². The van der Waals surface area contributed by atoms with Crippen molar-refractivity contribution < 1.29 is 9.53 Å².